The average Bonchev–Trinajstić information content (AvgIpc) is 2.24. The third-order valence-corrected chi connectivity index (χ3v) is 3.64. The minimum Gasteiger partial charge on any atom is -0.460 e. The van der Waals surface area contributed by atoms with Crippen molar-refractivity contribution >= 4 is 69.6 Å². The molecule has 1 aliphatic rings. The second-order valence-electron chi connectivity index (χ2n) is 4.09. The number of fused-ring (bicyclic) bond motifs is 1. The molecular weight excluding hydrogens is 377 g/mol. The van der Waals surface area contributed by atoms with Crippen LogP contribution in [-0.2, 0) is 4.74 Å². The largest absolute Gasteiger partial charge is 0.460 e. The predicted molar refractivity (Wildman–Crippen MR) is 80.0 cm³/mol. The summed E-state index contributed by atoms with van der Waals surface area (Å²) < 4.78 is 7.46. The van der Waals surface area contributed by atoms with Crippen molar-refractivity contribution < 1.29 is 9.47 Å². The molecule has 0 N–H and O–H groups in total. The van der Waals surface area contributed by atoms with Gasteiger partial charge < -0.3 is 9.47 Å². The summed E-state index contributed by atoms with van der Waals surface area (Å²) >= 11 is 35.1. The van der Waals surface area contributed by atoms with Gasteiger partial charge in [-0.05, 0) is 19.1 Å². The molecule has 0 fully saturated rings. The first-order chi connectivity index (χ1) is 8.59. The van der Waals surface area contributed by atoms with E-state index >= 15 is 0 Å². The molecule has 106 valence electrons. The van der Waals surface area contributed by atoms with E-state index in [4.69, 9.17) is 79.1 Å². The number of ether oxygens (including phenoxy) is 2. The normalized spacial score (nSPS) is 23.7. The summed E-state index contributed by atoms with van der Waals surface area (Å²) in [4.78, 5) is 0. The molecule has 19 heavy (non-hydrogen) atoms. The highest BCUT2D eigenvalue weighted by Gasteiger charge is 2.48. The molecule has 1 heterocycles. The lowest BCUT2D eigenvalue weighted by Gasteiger charge is -2.38. The lowest BCUT2D eigenvalue weighted by molar-refractivity contribution is -0.136. The number of aryl methyl sites for hydroxylation is 1. The molecular formula is C11H8Cl6O2. The van der Waals surface area contributed by atoms with Crippen LogP contribution in [0, 0.1) is 6.92 Å². The van der Waals surface area contributed by atoms with E-state index in [-0.39, 0.29) is 0 Å². The highest BCUT2D eigenvalue weighted by Crippen LogP contribution is 2.51. The smallest absolute Gasteiger partial charge is 0.252 e. The Morgan fingerprint density at radius 3 is 2.16 bits per heavy atom. The van der Waals surface area contributed by atoms with E-state index in [1.807, 2.05) is 13.0 Å². The Balaban J connectivity index is 2.47. The van der Waals surface area contributed by atoms with Gasteiger partial charge >= 0.3 is 0 Å². The summed E-state index contributed by atoms with van der Waals surface area (Å²) in [6.45, 7) is 1.90. The molecule has 2 unspecified atom stereocenters. The molecule has 1 aliphatic heterocycles. The van der Waals surface area contributed by atoms with Gasteiger partial charge in [0.15, 0.2) is 0 Å². The minimum absolute atomic E-state index is 0.463. The second kappa shape index (κ2) is 5.49. The summed E-state index contributed by atoms with van der Waals surface area (Å²) in [5.41, 5.74) is 1.57. The molecule has 2 atom stereocenters. The molecule has 0 aliphatic carbocycles. The molecule has 0 saturated carbocycles. The van der Waals surface area contributed by atoms with E-state index in [2.05, 4.69) is 0 Å². The van der Waals surface area contributed by atoms with Crippen molar-refractivity contribution in [2.75, 3.05) is 0 Å². The van der Waals surface area contributed by atoms with Crippen molar-refractivity contribution in [2.45, 2.75) is 26.9 Å². The van der Waals surface area contributed by atoms with Gasteiger partial charge in [-0.1, -0.05) is 81.2 Å². The molecule has 0 bridgehead atoms. The standard InChI is InChI=1S/C11H8Cl6O2/c1-5-2-3-7-6(4-5)8(10(12,13)14)19-9(18-7)11(15,16)17/h2-4,8-9H,1H3. The van der Waals surface area contributed by atoms with Crippen molar-refractivity contribution in [1.82, 2.24) is 0 Å². The van der Waals surface area contributed by atoms with Crippen molar-refractivity contribution in [3.8, 4) is 5.75 Å². The third-order valence-electron chi connectivity index (χ3n) is 2.51. The maximum atomic E-state index is 5.93. The van der Waals surface area contributed by atoms with Crippen LogP contribution in [0.25, 0.3) is 0 Å². The van der Waals surface area contributed by atoms with Crippen LogP contribution in [0.15, 0.2) is 18.2 Å². The Labute approximate surface area is 140 Å². The van der Waals surface area contributed by atoms with E-state index in [0.717, 1.165) is 5.56 Å². The number of benzene rings is 1. The molecule has 0 aromatic heterocycles. The average molecular weight is 385 g/mol. The Kier molecular flexibility index (Phi) is 4.65. The van der Waals surface area contributed by atoms with Crippen LogP contribution in [0.5, 0.6) is 5.75 Å². The number of alkyl halides is 6. The van der Waals surface area contributed by atoms with Crippen LogP contribution < -0.4 is 4.74 Å². The van der Waals surface area contributed by atoms with Crippen LogP contribution in [0.1, 0.15) is 17.2 Å². The molecule has 2 nitrogen and oxygen atoms in total. The first-order valence-corrected chi connectivity index (χ1v) is 7.42. The molecule has 1 aromatic rings. The van der Waals surface area contributed by atoms with Crippen molar-refractivity contribution in [3.05, 3.63) is 29.3 Å². The Morgan fingerprint density at radius 2 is 1.63 bits per heavy atom. The number of hydrogen-bond donors (Lipinski definition) is 0. The SMILES string of the molecule is Cc1ccc2c(c1)C(C(Cl)(Cl)Cl)OC(C(Cl)(Cl)Cl)O2. The third kappa shape index (κ3) is 3.68. The summed E-state index contributed by atoms with van der Waals surface area (Å²) in [6, 6.07) is 5.37. The highest BCUT2D eigenvalue weighted by atomic mass is 35.6. The minimum atomic E-state index is -1.79. The van der Waals surface area contributed by atoms with Gasteiger partial charge in [-0.25, -0.2) is 0 Å². The van der Waals surface area contributed by atoms with E-state index < -0.39 is 20.0 Å². The van der Waals surface area contributed by atoms with E-state index in [1.165, 1.54) is 0 Å². The fourth-order valence-corrected chi connectivity index (χ4v) is 2.51. The molecule has 0 saturated heterocycles. The molecule has 8 heteroatoms. The number of hydrogen-bond acceptors (Lipinski definition) is 2. The van der Waals surface area contributed by atoms with Gasteiger partial charge in [0, 0.05) is 5.56 Å². The second-order valence-corrected chi connectivity index (χ2v) is 8.83. The predicted octanol–water partition coefficient (Wildman–Crippen LogP) is 5.51. The zero-order valence-corrected chi connectivity index (χ0v) is 14.0. The lowest BCUT2D eigenvalue weighted by Crippen LogP contribution is -2.42. The topological polar surface area (TPSA) is 18.5 Å². The Hall–Kier alpha value is 0.720. The fraction of sp³-hybridized carbons (Fsp3) is 0.455. The van der Waals surface area contributed by atoms with Crippen molar-refractivity contribution in [3.63, 3.8) is 0 Å². The summed E-state index contributed by atoms with van der Waals surface area (Å²) in [5.74, 6) is 0.463. The summed E-state index contributed by atoms with van der Waals surface area (Å²) in [7, 11) is 0. The van der Waals surface area contributed by atoms with Crippen LogP contribution in [0.2, 0.25) is 0 Å². The van der Waals surface area contributed by atoms with Gasteiger partial charge in [0.2, 0.25) is 10.1 Å². The first kappa shape index (κ1) is 16.1. The van der Waals surface area contributed by atoms with E-state index in [1.54, 1.807) is 12.1 Å². The van der Waals surface area contributed by atoms with Gasteiger partial charge in [-0.2, -0.15) is 0 Å². The Bertz CT molecular complexity index is 479. The Morgan fingerprint density at radius 1 is 1.00 bits per heavy atom. The van der Waals surface area contributed by atoms with Gasteiger partial charge in [-0.15, -0.1) is 0 Å². The van der Waals surface area contributed by atoms with E-state index in [9.17, 15) is 0 Å². The zero-order valence-electron chi connectivity index (χ0n) is 9.47. The maximum absolute atomic E-state index is 5.93. The quantitative estimate of drug-likeness (QED) is 0.549. The van der Waals surface area contributed by atoms with Gasteiger partial charge in [0.1, 0.15) is 11.9 Å². The van der Waals surface area contributed by atoms with Gasteiger partial charge in [0.05, 0.1) is 0 Å². The van der Waals surface area contributed by atoms with E-state index in [0.29, 0.717) is 11.3 Å². The number of rotatable bonds is 0. The lowest BCUT2D eigenvalue weighted by atomic mass is 10.0. The highest BCUT2D eigenvalue weighted by molar-refractivity contribution is 6.68. The zero-order chi connectivity index (χ0) is 14.4. The van der Waals surface area contributed by atoms with Crippen LogP contribution >= 0.6 is 69.6 Å². The van der Waals surface area contributed by atoms with Crippen LogP contribution in [0.3, 0.4) is 0 Å². The van der Waals surface area contributed by atoms with Crippen LogP contribution in [0.4, 0.5) is 0 Å². The van der Waals surface area contributed by atoms with Gasteiger partial charge in [0.25, 0.3) is 3.79 Å². The van der Waals surface area contributed by atoms with Crippen molar-refractivity contribution in [2.24, 2.45) is 0 Å². The maximum Gasteiger partial charge on any atom is 0.252 e. The fourth-order valence-electron chi connectivity index (χ4n) is 1.72. The summed E-state index contributed by atoms with van der Waals surface area (Å²) in [5, 5.41) is 0. The number of halogens is 6. The molecule has 0 spiro atoms. The van der Waals surface area contributed by atoms with Crippen LogP contribution in [-0.4, -0.2) is 13.9 Å². The first-order valence-electron chi connectivity index (χ1n) is 5.15. The van der Waals surface area contributed by atoms with Crippen molar-refractivity contribution in [1.29, 1.82) is 0 Å². The van der Waals surface area contributed by atoms with Gasteiger partial charge in [-0.3, -0.25) is 0 Å². The summed E-state index contributed by atoms with van der Waals surface area (Å²) in [6.07, 6.45) is -2.05. The molecule has 2 rings (SSSR count). The monoisotopic (exact) mass is 382 g/mol. The molecule has 0 radical (unpaired) electrons. The molecule has 0 amide bonds. The molecule has 1 aromatic carbocycles.